The number of benzene rings is 1. The van der Waals surface area contributed by atoms with Gasteiger partial charge >= 0.3 is 0 Å². The first-order valence-electron chi connectivity index (χ1n) is 5.12. The molecule has 1 aromatic carbocycles. The van der Waals surface area contributed by atoms with Gasteiger partial charge in [-0.05, 0) is 44.1 Å². The van der Waals surface area contributed by atoms with Crippen LogP contribution in [0, 0.1) is 0 Å². The summed E-state index contributed by atoms with van der Waals surface area (Å²) in [5.41, 5.74) is 2.25. The van der Waals surface area contributed by atoms with Gasteiger partial charge in [0.1, 0.15) is 5.58 Å². The van der Waals surface area contributed by atoms with Crippen LogP contribution in [-0.2, 0) is 6.42 Å². The molecule has 0 aliphatic carbocycles. The standard InChI is InChI=1S/C12H14BrNO/c1-14-7-3-4-9-8-15-11-6-2-5-10(13)12(9)11/h2,5-6,8,14H,3-4,7H2,1H3. The average molecular weight is 268 g/mol. The molecule has 1 aromatic heterocycles. The van der Waals surface area contributed by atoms with Gasteiger partial charge in [-0.15, -0.1) is 0 Å². The molecule has 0 bridgehead atoms. The van der Waals surface area contributed by atoms with Crippen LogP contribution < -0.4 is 5.32 Å². The first kappa shape index (κ1) is 10.7. The van der Waals surface area contributed by atoms with Gasteiger partial charge in [-0.2, -0.15) is 0 Å². The molecule has 0 spiro atoms. The lowest BCUT2D eigenvalue weighted by Crippen LogP contribution is -2.08. The van der Waals surface area contributed by atoms with Crippen molar-refractivity contribution in [2.45, 2.75) is 12.8 Å². The summed E-state index contributed by atoms with van der Waals surface area (Å²) in [6.45, 7) is 1.04. The van der Waals surface area contributed by atoms with Crippen LogP contribution >= 0.6 is 15.9 Å². The van der Waals surface area contributed by atoms with Crippen molar-refractivity contribution in [1.29, 1.82) is 0 Å². The van der Waals surface area contributed by atoms with E-state index >= 15 is 0 Å². The smallest absolute Gasteiger partial charge is 0.135 e. The zero-order valence-electron chi connectivity index (χ0n) is 8.72. The Hall–Kier alpha value is -0.800. The topological polar surface area (TPSA) is 25.2 Å². The lowest BCUT2D eigenvalue weighted by molar-refractivity contribution is 0.607. The van der Waals surface area contributed by atoms with E-state index < -0.39 is 0 Å². The maximum Gasteiger partial charge on any atom is 0.135 e. The highest BCUT2D eigenvalue weighted by Crippen LogP contribution is 2.29. The maximum absolute atomic E-state index is 5.51. The molecule has 0 aliphatic rings. The monoisotopic (exact) mass is 267 g/mol. The SMILES string of the molecule is CNCCCc1coc2cccc(Br)c12. The van der Waals surface area contributed by atoms with Crippen molar-refractivity contribution < 1.29 is 4.42 Å². The van der Waals surface area contributed by atoms with Gasteiger partial charge in [0.2, 0.25) is 0 Å². The number of nitrogens with one attached hydrogen (secondary N) is 1. The van der Waals surface area contributed by atoms with E-state index in [1.807, 2.05) is 25.4 Å². The number of halogens is 1. The van der Waals surface area contributed by atoms with Crippen LogP contribution in [0.5, 0.6) is 0 Å². The average Bonchev–Trinajstić information content (AvgIpc) is 2.63. The number of hydrogen-bond acceptors (Lipinski definition) is 2. The first-order valence-corrected chi connectivity index (χ1v) is 5.91. The first-order chi connectivity index (χ1) is 7.33. The van der Waals surface area contributed by atoms with Gasteiger partial charge in [0.15, 0.2) is 0 Å². The van der Waals surface area contributed by atoms with Crippen LogP contribution in [0.1, 0.15) is 12.0 Å². The fourth-order valence-corrected chi connectivity index (χ4v) is 2.35. The van der Waals surface area contributed by atoms with Crippen LogP contribution in [0.3, 0.4) is 0 Å². The summed E-state index contributed by atoms with van der Waals surface area (Å²) in [5, 5.41) is 4.37. The molecule has 80 valence electrons. The summed E-state index contributed by atoms with van der Waals surface area (Å²) >= 11 is 3.56. The molecule has 0 atom stereocenters. The van der Waals surface area contributed by atoms with Crippen molar-refractivity contribution in [1.82, 2.24) is 5.32 Å². The minimum atomic E-state index is 0.962. The number of furan rings is 1. The second kappa shape index (κ2) is 4.81. The van der Waals surface area contributed by atoms with Gasteiger partial charge < -0.3 is 9.73 Å². The van der Waals surface area contributed by atoms with Crippen LogP contribution in [0.25, 0.3) is 11.0 Å². The normalized spacial score (nSPS) is 11.1. The molecular formula is C12H14BrNO. The highest BCUT2D eigenvalue weighted by atomic mass is 79.9. The van der Waals surface area contributed by atoms with Gasteiger partial charge in [0, 0.05) is 9.86 Å². The second-order valence-corrected chi connectivity index (χ2v) is 4.44. The molecule has 0 amide bonds. The van der Waals surface area contributed by atoms with Gasteiger partial charge in [-0.1, -0.05) is 22.0 Å². The van der Waals surface area contributed by atoms with Crippen molar-refractivity contribution in [3.63, 3.8) is 0 Å². The fourth-order valence-electron chi connectivity index (χ4n) is 1.75. The molecule has 3 heteroatoms. The summed E-state index contributed by atoms with van der Waals surface area (Å²) in [6.07, 6.45) is 4.05. The van der Waals surface area contributed by atoms with Crippen LogP contribution in [-0.4, -0.2) is 13.6 Å². The maximum atomic E-state index is 5.51. The Balaban J connectivity index is 2.27. The second-order valence-electron chi connectivity index (χ2n) is 3.58. The fraction of sp³-hybridized carbons (Fsp3) is 0.333. The molecule has 1 heterocycles. The predicted octanol–water partition coefficient (Wildman–Crippen LogP) is 3.35. The molecule has 2 nitrogen and oxygen atoms in total. The van der Waals surface area contributed by atoms with Crippen molar-refractivity contribution in [3.05, 3.63) is 34.5 Å². The zero-order chi connectivity index (χ0) is 10.7. The van der Waals surface area contributed by atoms with E-state index in [-0.39, 0.29) is 0 Å². The lowest BCUT2D eigenvalue weighted by atomic mass is 10.1. The largest absolute Gasteiger partial charge is 0.464 e. The molecule has 1 N–H and O–H groups in total. The van der Waals surface area contributed by atoms with Crippen molar-refractivity contribution >= 4 is 26.9 Å². The Bertz CT molecular complexity index is 450. The molecule has 0 aliphatic heterocycles. The molecule has 0 radical (unpaired) electrons. The third-order valence-electron chi connectivity index (χ3n) is 2.50. The van der Waals surface area contributed by atoms with E-state index in [0.29, 0.717) is 0 Å². The Morgan fingerprint density at radius 3 is 3.07 bits per heavy atom. The third kappa shape index (κ3) is 2.24. The van der Waals surface area contributed by atoms with Gasteiger partial charge in [0.05, 0.1) is 6.26 Å². The van der Waals surface area contributed by atoms with Crippen molar-refractivity contribution in [2.75, 3.05) is 13.6 Å². The Morgan fingerprint density at radius 1 is 1.40 bits per heavy atom. The number of rotatable bonds is 4. The molecular weight excluding hydrogens is 254 g/mol. The van der Waals surface area contributed by atoms with E-state index in [4.69, 9.17) is 4.42 Å². The summed E-state index contributed by atoms with van der Waals surface area (Å²) < 4.78 is 6.63. The van der Waals surface area contributed by atoms with Gasteiger partial charge in [-0.25, -0.2) is 0 Å². The highest BCUT2D eigenvalue weighted by Gasteiger charge is 2.07. The summed E-state index contributed by atoms with van der Waals surface area (Å²) in [5.74, 6) is 0. The van der Waals surface area contributed by atoms with E-state index in [0.717, 1.165) is 29.4 Å². The minimum absolute atomic E-state index is 0.962. The summed E-state index contributed by atoms with van der Waals surface area (Å²) in [7, 11) is 1.98. The third-order valence-corrected chi connectivity index (χ3v) is 3.16. The van der Waals surface area contributed by atoms with Crippen LogP contribution in [0.4, 0.5) is 0 Å². The summed E-state index contributed by atoms with van der Waals surface area (Å²) in [6, 6.07) is 6.05. The molecule has 15 heavy (non-hydrogen) atoms. The molecule has 0 unspecified atom stereocenters. The van der Waals surface area contributed by atoms with Crippen molar-refractivity contribution in [3.8, 4) is 0 Å². The summed E-state index contributed by atoms with van der Waals surface area (Å²) in [4.78, 5) is 0. The Kier molecular flexibility index (Phi) is 3.44. The van der Waals surface area contributed by atoms with Crippen LogP contribution in [0.2, 0.25) is 0 Å². The van der Waals surface area contributed by atoms with Gasteiger partial charge in [0.25, 0.3) is 0 Å². The van der Waals surface area contributed by atoms with Gasteiger partial charge in [-0.3, -0.25) is 0 Å². The van der Waals surface area contributed by atoms with Crippen molar-refractivity contribution in [2.24, 2.45) is 0 Å². The zero-order valence-corrected chi connectivity index (χ0v) is 10.3. The Labute approximate surface area is 97.8 Å². The Morgan fingerprint density at radius 2 is 2.27 bits per heavy atom. The lowest BCUT2D eigenvalue weighted by Gasteiger charge is -1.99. The molecule has 0 fully saturated rings. The van der Waals surface area contributed by atoms with E-state index in [1.54, 1.807) is 0 Å². The predicted molar refractivity (Wildman–Crippen MR) is 66.2 cm³/mol. The molecule has 2 rings (SSSR count). The number of fused-ring (bicyclic) bond motifs is 1. The molecule has 0 saturated heterocycles. The van der Waals surface area contributed by atoms with E-state index in [1.165, 1.54) is 10.9 Å². The van der Waals surface area contributed by atoms with E-state index in [2.05, 4.69) is 27.3 Å². The van der Waals surface area contributed by atoms with E-state index in [9.17, 15) is 0 Å². The molecule has 2 aromatic rings. The minimum Gasteiger partial charge on any atom is -0.464 e. The number of aryl methyl sites for hydroxylation is 1. The quantitative estimate of drug-likeness (QED) is 0.860. The highest BCUT2D eigenvalue weighted by molar-refractivity contribution is 9.10. The van der Waals surface area contributed by atoms with Crippen LogP contribution in [0.15, 0.2) is 33.4 Å². The molecule has 0 saturated carbocycles. The number of hydrogen-bond donors (Lipinski definition) is 1.